The number of pyridine rings is 1. The molecule has 1 heterocycles. The Labute approximate surface area is 73.3 Å². The molecule has 0 aliphatic carbocycles. The second-order valence-corrected chi connectivity index (χ2v) is 3.28. The van der Waals surface area contributed by atoms with E-state index >= 15 is 0 Å². The minimum absolute atomic E-state index is 0.245. The Bertz CT molecular complexity index is 221. The van der Waals surface area contributed by atoms with Gasteiger partial charge in [0.1, 0.15) is 0 Å². The standard InChI is InChI=1S/C10H15NO/c1-8(9(2)12)6-10-4-3-5-11-7-10/h3-5,7-9,12H,6H2,1-2H3/t8-,9?/m0/s1. The average Bonchev–Trinajstić information content (AvgIpc) is 2.06. The number of hydrogen-bond donors (Lipinski definition) is 1. The van der Waals surface area contributed by atoms with Crippen LogP contribution >= 0.6 is 0 Å². The molecule has 66 valence electrons. The summed E-state index contributed by atoms with van der Waals surface area (Å²) in [6.07, 6.45) is 4.26. The van der Waals surface area contributed by atoms with Crippen LogP contribution in [-0.4, -0.2) is 16.2 Å². The Kier molecular flexibility index (Phi) is 3.23. The summed E-state index contributed by atoms with van der Waals surface area (Å²) < 4.78 is 0. The highest BCUT2D eigenvalue weighted by Gasteiger charge is 2.08. The van der Waals surface area contributed by atoms with Crippen LogP contribution in [0.1, 0.15) is 19.4 Å². The predicted octanol–water partition coefficient (Wildman–Crippen LogP) is 1.64. The van der Waals surface area contributed by atoms with Gasteiger partial charge in [0.05, 0.1) is 6.10 Å². The van der Waals surface area contributed by atoms with Crippen LogP contribution in [-0.2, 0) is 6.42 Å². The molecule has 1 unspecified atom stereocenters. The second-order valence-electron chi connectivity index (χ2n) is 3.28. The van der Waals surface area contributed by atoms with Gasteiger partial charge >= 0.3 is 0 Å². The summed E-state index contributed by atoms with van der Waals surface area (Å²) in [6, 6.07) is 3.95. The number of hydrogen-bond acceptors (Lipinski definition) is 2. The third-order valence-electron chi connectivity index (χ3n) is 2.10. The lowest BCUT2D eigenvalue weighted by Gasteiger charge is -2.13. The summed E-state index contributed by atoms with van der Waals surface area (Å²) in [5.41, 5.74) is 1.19. The van der Waals surface area contributed by atoms with Gasteiger partial charge in [-0.25, -0.2) is 0 Å². The molecule has 0 saturated carbocycles. The molecule has 0 aliphatic rings. The van der Waals surface area contributed by atoms with E-state index in [0.29, 0.717) is 5.92 Å². The van der Waals surface area contributed by atoms with Crippen LogP contribution < -0.4 is 0 Å². The second kappa shape index (κ2) is 4.21. The minimum atomic E-state index is -0.245. The Morgan fingerprint density at radius 2 is 2.25 bits per heavy atom. The van der Waals surface area contributed by atoms with Gasteiger partial charge in [-0.15, -0.1) is 0 Å². The Morgan fingerprint density at radius 1 is 1.50 bits per heavy atom. The van der Waals surface area contributed by atoms with Gasteiger partial charge in [-0.05, 0) is 30.9 Å². The van der Waals surface area contributed by atoms with Crippen molar-refractivity contribution in [3.05, 3.63) is 30.1 Å². The molecular weight excluding hydrogens is 150 g/mol. The third kappa shape index (κ3) is 2.62. The zero-order valence-corrected chi connectivity index (χ0v) is 7.57. The normalized spacial score (nSPS) is 15.6. The molecule has 0 saturated heterocycles. The maximum atomic E-state index is 9.26. The quantitative estimate of drug-likeness (QED) is 0.738. The number of aliphatic hydroxyl groups excluding tert-OH is 1. The molecule has 0 fully saturated rings. The fourth-order valence-corrected chi connectivity index (χ4v) is 1.06. The van der Waals surface area contributed by atoms with E-state index in [4.69, 9.17) is 0 Å². The Morgan fingerprint density at radius 3 is 2.75 bits per heavy atom. The molecule has 0 amide bonds. The lowest BCUT2D eigenvalue weighted by atomic mass is 9.98. The number of aliphatic hydroxyl groups is 1. The number of aromatic nitrogens is 1. The van der Waals surface area contributed by atoms with Crippen molar-refractivity contribution in [2.45, 2.75) is 26.4 Å². The minimum Gasteiger partial charge on any atom is -0.393 e. The Hall–Kier alpha value is -0.890. The molecule has 12 heavy (non-hydrogen) atoms. The van der Waals surface area contributed by atoms with Crippen molar-refractivity contribution >= 4 is 0 Å². The summed E-state index contributed by atoms with van der Waals surface area (Å²) in [4.78, 5) is 4.02. The van der Waals surface area contributed by atoms with E-state index in [2.05, 4.69) is 4.98 Å². The summed E-state index contributed by atoms with van der Waals surface area (Å²) in [7, 11) is 0. The van der Waals surface area contributed by atoms with E-state index in [1.165, 1.54) is 5.56 Å². The number of nitrogens with zero attached hydrogens (tertiary/aromatic N) is 1. The van der Waals surface area contributed by atoms with Crippen molar-refractivity contribution in [2.75, 3.05) is 0 Å². The molecule has 1 aromatic rings. The van der Waals surface area contributed by atoms with Crippen LogP contribution in [0.4, 0.5) is 0 Å². The molecule has 0 aromatic carbocycles. The summed E-state index contributed by atoms with van der Waals surface area (Å²) in [5.74, 6) is 0.300. The van der Waals surface area contributed by atoms with Crippen LogP contribution in [0.3, 0.4) is 0 Å². The van der Waals surface area contributed by atoms with Crippen LogP contribution in [0.5, 0.6) is 0 Å². The van der Waals surface area contributed by atoms with Gasteiger partial charge in [-0.2, -0.15) is 0 Å². The van der Waals surface area contributed by atoms with Crippen LogP contribution in [0.15, 0.2) is 24.5 Å². The van der Waals surface area contributed by atoms with E-state index < -0.39 is 0 Å². The summed E-state index contributed by atoms with van der Waals surface area (Å²) >= 11 is 0. The van der Waals surface area contributed by atoms with Gasteiger partial charge in [0.15, 0.2) is 0 Å². The fraction of sp³-hybridized carbons (Fsp3) is 0.500. The molecule has 0 aliphatic heterocycles. The zero-order valence-electron chi connectivity index (χ0n) is 7.57. The third-order valence-corrected chi connectivity index (χ3v) is 2.10. The highest BCUT2D eigenvalue weighted by molar-refractivity contribution is 5.09. The molecule has 0 spiro atoms. The largest absolute Gasteiger partial charge is 0.393 e. The maximum absolute atomic E-state index is 9.26. The summed E-state index contributed by atoms with van der Waals surface area (Å²) in [5, 5.41) is 9.26. The molecule has 2 nitrogen and oxygen atoms in total. The van der Waals surface area contributed by atoms with Gasteiger partial charge in [-0.1, -0.05) is 13.0 Å². The van der Waals surface area contributed by atoms with Gasteiger partial charge in [-0.3, -0.25) is 4.98 Å². The van der Waals surface area contributed by atoms with Crippen molar-refractivity contribution in [3.63, 3.8) is 0 Å². The lowest BCUT2D eigenvalue weighted by molar-refractivity contribution is 0.135. The first-order chi connectivity index (χ1) is 5.70. The predicted molar refractivity (Wildman–Crippen MR) is 48.8 cm³/mol. The fourth-order valence-electron chi connectivity index (χ4n) is 1.06. The van der Waals surface area contributed by atoms with E-state index in [-0.39, 0.29) is 6.10 Å². The SMILES string of the molecule is CC(O)[C@@H](C)Cc1cccnc1. The molecule has 0 radical (unpaired) electrons. The molecular formula is C10H15NO. The van der Waals surface area contributed by atoms with Gasteiger partial charge in [0.2, 0.25) is 0 Å². The smallest absolute Gasteiger partial charge is 0.0540 e. The van der Waals surface area contributed by atoms with Crippen molar-refractivity contribution in [2.24, 2.45) is 5.92 Å². The molecule has 1 N–H and O–H groups in total. The first-order valence-corrected chi connectivity index (χ1v) is 4.27. The van der Waals surface area contributed by atoms with E-state index in [1.807, 2.05) is 32.2 Å². The van der Waals surface area contributed by atoms with Crippen LogP contribution in [0, 0.1) is 5.92 Å². The van der Waals surface area contributed by atoms with Gasteiger partial charge in [0, 0.05) is 12.4 Å². The van der Waals surface area contributed by atoms with E-state index in [9.17, 15) is 5.11 Å². The molecule has 1 aromatic heterocycles. The van der Waals surface area contributed by atoms with Crippen molar-refractivity contribution in [1.82, 2.24) is 4.98 Å². The monoisotopic (exact) mass is 165 g/mol. The average molecular weight is 165 g/mol. The Balaban J connectivity index is 2.53. The van der Waals surface area contributed by atoms with Crippen molar-refractivity contribution in [3.8, 4) is 0 Å². The van der Waals surface area contributed by atoms with Crippen LogP contribution in [0.25, 0.3) is 0 Å². The van der Waals surface area contributed by atoms with Gasteiger partial charge in [0.25, 0.3) is 0 Å². The molecule has 2 atom stereocenters. The zero-order chi connectivity index (χ0) is 8.97. The first kappa shape index (κ1) is 9.20. The highest BCUT2D eigenvalue weighted by Crippen LogP contribution is 2.10. The maximum Gasteiger partial charge on any atom is 0.0540 e. The lowest BCUT2D eigenvalue weighted by Crippen LogP contribution is -2.15. The topological polar surface area (TPSA) is 33.1 Å². The highest BCUT2D eigenvalue weighted by atomic mass is 16.3. The molecule has 0 bridgehead atoms. The first-order valence-electron chi connectivity index (χ1n) is 4.27. The van der Waals surface area contributed by atoms with E-state index in [1.54, 1.807) is 6.20 Å². The molecule has 2 heteroatoms. The van der Waals surface area contributed by atoms with Gasteiger partial charge < -0.3 is 5.11 Å². The number of rotatable bonds is 3. The molecule has 1 rings (SSSR count). The van der Waals surface area contributed by atoms with Crippen molar-refractivity contribution in [1.29, 1.82) is 0 Å². The van der Waals surface area contributed by atoms with Crippen molar-refractivity contribution < 1.29 is 5.11 Å². The summed E-state index contributed by atoms with van der Waals surface area (Å²) in [6.45, 7) is 3.86. The van der Waals surface area contributed by atoms with Crippen LogP contribution in [0.2, 0.25) is 0 Å². The van der Waals surface area contributed by atoms with E-state index in [0.717, 1.165) is 6.42 Å².